The van der Waals surface area contributed by atoms with Crippen molar-refractivity contribution >= 4 is 5.91 Å². The van der Waals surface area contributed by atoms with Crippen LogP contribution in [0.2, 0.25) is 0 Å². The number of methoxy groups -OCH3 is 1. The fourth-order valence-electron chi connectivity index (χ4n) is 4.28. The Balaban J connectivity index is 1.67. The first-order chi connectivity index (χ1) is 11.2. The first-order valence-electron chi connectivity index (χ1n) is 8.77. The number of nitrogens with two attached hydrogens (primary N) is 1. The van der Waals surface area contributed by atoms with Gasteiger partial charge in [-0.1, -0.05) is 30.3 Å². The molecule has 1 aromatic rings. The number of piperidine rings is 1. The molecule has 2 unspecified atom stereocenters. The molecule has 0 bridgehead atoms. The Morgan fingerprint density at radius 1 is 1.26 bits per heavy atom. The monoisotopic (exact) mass is 316 g/mol. The molecule has 2 N–H and O–H groups in total. The largest absolute Gasteiger partial charge is 0.381 e. The molecule has 4 nitrogen and oxygen atoms in total. The van der Waals surface area contributed by atoms with Gasteiger partial charge < -0.3 is 15.4 Å². The van der Waals surface area contributed by atoms with Gasteiger partial charge in [0, 0.05) is 32.2 Å². The van der Waals surface area contributed by atoms with Crippen LogP contribution in [0.25, 0.3) is 0 Å². The van der Waals surface area contributed by atoms with Crippen molar-refractivity contribution in [2.24, 2.45) is 11.7 Å². The lowest BCUT2D eigenvalue weighted by atomic mass is 9.72. The second kappa shape index (κ2) is 7.02. The molecule has 3 rings (SSSR count). The highest BCUT2D eigenvalue weighted by molar-refractivity contribution is 5.80. The molecule has 1 aliphatic carbocycles. The second-order valence-electron chi connectivity index (χ2n) is 6.99. The quantitative estimate of drug-likeness (QED) is 0.927. The van der Waals surface area contributed by atoms with Crippen LogP contribution in [0.15, 0.2) is 30.3 Å². The van der Waals surface area contributed by atoms with E-state index in [1.54, 1.807) is 7.11 Å². The summed E-state index contributed by atoms with van der Waals surface area (Å²) in [5.41, 5.74) is 7.47. The molecule has 23 heavy (non-hydrogen) atoms. The third-order valence-corrected chi connectivity index (χ3v) is 5.88. The second-order valence-corrected chi connectivity index (χ2v) is 6.99. The van der Waals surface area contributed by atoms with Gasteiger partial charge in [-0.25, -0.2) is 0 Å². The fourth-order valence-corrected chi connectivity index (χ4v) is 4.28. The van der Waals surface area contributed by atoms with Crippen LogP contribution in [0, 0.1) is 5.92 Å². The Kier molecular flexibility index (Phi) is 5.02. The van der Waals surface area contributed by atoms with Crippen LogP contribution < -0.4 is 5.73 Å². The molecule has 2 fully saturated rings. The van der Waals surface area contributed by atoms with Gasteiger partial charge in [-0.3, -0.25) is 4.79 Å². The lowest BCUT2D eigenvalue weighted by Crippen LogP contribution is -2.50. The number of amides is 1. The molecular weight excluding hydrogens is 288 g/mol. The molecule has 1 amide bonds. The number of hydrogen-bond donors (Lipinski definition) is 1. The van der Waals surface area contributed by atoms with E-state index < -0.39 is 0 Å². The molecule has 1 saturated heterocycles. The standard InChI is InChI=1S/C19H28N2O2/c1-23-17-9-5-8-16(17)18(22)21-12-10-19(14-20,11-13-21)15-6-3-2-4-7-15/h2-4,6-7,16-17H,5,8-14,20H2,1H3. The lowest BCUT2D eigenvalue weighted by molar-refractivity contribution is -0.140. The number of carbonyl (C=O) groups is 1. The van der Waals surface area contributed by atoms with E-state index in [9.17, 15) is 4.79 Å². The number of nitrogens with zero attached hydrogens (tertiary/aromatic N) is 1. The number of benzene rings is 1. The van der Waals surface area contributed by atoms with Gasteiger partial charge in [-0.15, -0.1) is 0 Å². The Labute approximate surface area is 139 Å². The van der Waals surface area contributed by atoms with Gasteiger partial charge in [0.2, 0.25) is 5.91 Å². The predicted octanol–water partition coefficient (Wildman–Crippen LogP) is 2.32. The van der Waals surface area contributed by atoms with Gasteiger partial charge in [0.05, 0.1) is 12.0 Å². The van der Waals surface area contributed by atoms with Gasteiger partial charge in [0.1, 0.15) is 0 Å². The maximum Gasteiger partial charge on any atom is 0.228 e. The normalized spacial score (nSPS) is 27.1. The molecule has 2 aliphatic rings. The number of carbonyl (C=O) groups excluding carboxylic acids is 1. The number of likely N-dealkylation sites (tertiary alicyclic amines) is 1. The zero-order valence-corrected chi connectivity index (χ0v) is 14.0. The summed E-state index contributed by atoms with van der Waals surface area (Å²) < 4.78 is 5.50. The summed E-state index contributed by atoms with van der Waals surface area (Å²) in [5.74, 6) is 0.343. The van der Waals surface area contributed by atoms with E-state index in [-0.39, 0.29) is 23.3 Å². The summed E-state index contributed by atoms with van der Waals surface area (Å²) in [6, 6.07) is 10.5. The highest BCUT2D eigenvalue weighted by Crippen LogP contribution is 2.36. The van der Waals surface area contributed by atoms with E-state index in [0.29, 0.717) is 6.54 Å². The molecule has 1 saturated carbocycles. The van der Waals surface area contributed by atoms with Crippen molar-refractivity contribution in [1.29, 1.82) is 0 Å². The topological polar surface area (TPSA) is 55.6 Å². The minimum atomic E-state index is 0.0222. The lowest BCUT2D eigenvalue weighted by Gasteiger charge is -2.42. The minimum absolute atomic E-state index is 0.0222. The van der Waals surface area contributed by atoms with Crippen molar-refractivity contribution in [3.8, 4) is 0 Å². The van der Waals surface area contributed by atoms with Crippen LogP contribution in [0.3, 0.4) is 0 Å². The smallest absolute Gasteiger partial charge is 0.228 e. The van der Waals surface area contributed by atoms with Gasteiger partial charge in [0.25, 0.3) is 0 Å². The summed E-state index contributed by atoms with van der Waals surface area (Å²) in [4.78, 5) is 14.9. The third kappa shape index (κ3) is 3.15. The van der Waals surface area contributed by atoms with Gasteiger partial charge in [0.15, 0.2) is 0 Å². The van der Waals surface area contributed by atoms with E-state index >= 15 is 0 Å². The summed E-state index contributed by atoms with van der Waals surface area (Å²) in [7, 11) is 1.72. The van der Waals surface area contributed by atoms with Gasteiger partial charge >= 0.3 is 0 Å². The third-order valence-electron chi connectivity index (χ3n) is 5.88. The maximum atomic E-state index is 12.8. The molecule has 4 heteroatoms. The minimum Gasteiger partial charge on any atom is -0.381 e. The zero-order valence-electron chi connectivity index (χ0n) is 14.0. The van der Waals surface area contributed by atoms with Crippen molar-refractivity contribution in [1.82, 2.24) is 4.90 Å². The maximum absolute atomic E-state index is 12.8. The van der Waals surface area contributed by atoms with Crippen LogP contribution in [0.5, 0.6) is 0 Å². The van der Waals surface area contributed by atoms with Crippen molar-refractivity contribution in [2.45, 2.75) is 43.6 Å². The van der Waals surface area contributed by atoms with Crippen molar-refractivity contribution in [3.63, 3.8) is 0 Å². The highest BCUT2D eigenvalue weighted by atomic mass is 16.5. The Morgan fingerprint density at radius 3 is 2.57 bits per heavy atom. The summed E-state index contributed by atoms with van der Waals surface area (Å²) in [6.45, 7) is 2.25. The summed E-state index contributed by atoms with van der Waals surface area (Å²) in [5, 5.41) is 0. The van der Waals surface area contributed by atoms with Gasteiger partial charge in [-0.05, 0) is 37.7 Å². The average molecular weight is 316 g/mol. The first-order valence-corrected chi connectivity index (χ1v) is 8.77. The Hall–Kier alpha value is -1.39. The molecule has 0 radical (unpaired) electrons. The number of hydrogen-bond acceptors (Lipinski definition) is 3. The van der Waals surface area contributed by atoms with Crippen molar-refractivity contribution < 1.29 is 9.53 Å². The molecule has 0 aromatic heterocycles. The average Bonchev–Trinajstić information content (AvgIpc) is 3.10. The van der Waals surface area contributed by atoms with E-state index in [1.807, 2.05) is 11.0 Å². The molecule has 1 aromatic carbocycles. The van der Waals surface area contributed by atoms with Crippen LogP contribution in [0.1, 0.15) is 37.7 Å². The molecule has 126 valence electrons. The van der Waals surface area contributed by atoms with E-state index in [1.165, 1.54) is 5.56 Å². The molecule has 1 heterocycles. The highest BCUT2D eigenvalue weighted by Gasteiger charge is 2.40. The van der Waals surface area contributed by atoms with Crippen LogP contribution in [-0.4, -0.2) is 43.7 Å². The van der Waals surface area contributed by atoms with Crippen molar-refractivity contribution in [2.75, 3.05) is 26.7 Å². The van der Waals surface area contributed by atoms with E-state index in [2.05, 4.69) is 24.3 Å². The van der Waals surface area contributed by atoms with E-state index in [4.69, 9.17) is 10.5 Å². The number of ether oxygens (including phenoxy) is 1. The first kappa shape index (κ1) is 16.5. The van der Waals surface area contributed by atoms with Crippen LogP contribution in [-0.2, 0) is 14.9 Å². The van der Waals surface area contributed by atoms with Gasteiger partial charge in [-0.2, -0.15) is 0 Å². The SMILES string of the molecule is COC1CCCC1C(=O)N1CCC(CN)(c2ccccc2)CC1. The molecule has 1 aliphatic heterocycles. The summed E-state index contributed by atoms with van der Waals surface area (Å²) >= 11 is 0. The Morgan fingerprint density at radius 2 is 1.96 bits per heavy atom. The molecular formula is C19H28N2O2. The number of rotatable bonds is 4. The zero-order chi connectivity index (χ0) is 16.3. The van der Waals surface area contributed by atoms with Crippen LogP contribution in [0.4, 0.5) is 0 Å². The predicted molar refractivity (Wildman–Crippen MR) is 91.1 cm³/mol. The molecule has 2 atom stereocenters. The van der Waals surface area contributed by atoms with E-state index in [0.717, 1.165) is 45.2 Å². The fraction of sp³-hybridized carbons (Fsp3) is 0.632. The Bertz CT molecular complexity index is 523. The van der Waals surface area contributed by atoms with Crippen LogP contribution >= 0.6 is 0 Å². The van der Waals surface area contributed by atoms with Crippen molar-refractivity contribution in [3.05, 3.63) is 35.9 Å². The summed E-state index contributed by atoms with van der Waals surface area (Å²) in [6.07, 6.45) is 5.08. The molecule has 0 spiro atoms.